The van der Waals surface area contributed by atoms with E-state index in [-0.39, 0.29) is 11.2 Å². The smallest absolute Gasteiger partial charge is 0.105 e. The molecule has 2 N–H and O–H groups in total. The third kappa shape index (κ3) is 2.35. The Hall–Kier alpha value is -0.770. The van der Waals surface area contributed by atoms with E-state index in [1.807, 2.05) is 30.3 Å². The van der Waals surface area contributed by atoms with Gasteiger partial charge in [-0.2, -0.15) is 11.8 Å². The lowest BCUT2D eigenvalue weighted by Crippen LogP contribution is -2.43. The zero-order chi connectivity index (χ0) is 13.2. The molecular formula is C15H20O2S. The van der Waals surface area contributed by atoms with E-state index in [2.05, 4.69) is 13.5 Å². The van der Waals surface area contributed by atoms with Crippen LogP contribution < -0.4 is 0 Å². The minimum absolute atomic E-state index is 0.150. The Bertz CT molecular complexity index is 406. The average molecular weight is 264 g/mol. The maximum atomic E-state index is 11.0. The molecule has 1 aliphatic heterocycles. The summed E-state index contributed by atoms with van der Waals surface area (Å²) in [4.78, 5) is 0. The zero-order valence-corrected chi connectivity index (χ0v) is 11.4. The van der Waals surface area contributed by atoms with Crippen LogP contribution in [0.5, 0.6) is 0 Å². The normalized spacial score (nSPS) is 33.3. The summed E-state index contributed by atoms with van der Waals surface area (Å²) in [5.41, 5.74) is -0.0386. The first kappa shape index (κ1) is 13.7. The molecule has 2 rings (SSSR count). The van der Waals surface area contributed by atoms with Gasteiger partial charge in [0.2, 0.25) is 0 Å². The van der Waals surface area contributed by atoms with E-state index >= 15 is 0 Å². The van der Waals surface area contributed by atoms with Crippen molar-refractivity contribution in [3.05, 3.63) is 48.6 Å². The highest BCUT2D eigenvalue weighted by Gasteiger charge is 2.50. The molecule has 1 heterocycles. The van der Waals surface area contributed by atoms with E-state index in [0.717, 1.165) is 5.56 Å². The second-order valence-electron chi connectivity index (χ2n) is 4.92. The molecule has 0 unspecified atom stereocenters. The summed E-state index contributed by atoms with van der Waals surface area (Å²) in [5, 5.41) is 21.5. The van der Waals surface area contributed by atoms with Crippen LogP contribution in [0.2, 0.25) is 0 Å². The highest BCUT2D eigenvalue weighted by Crippen LogP contribution is 2.48. The fraction of sp³-hybridized carbons (Fsp3) is 0.467. The fourth-order valence-electron chi connectivity index (χ4n) is 2.80. The summed E-state index contributed by atoms with van der Waals surface area (Å²) < 4.78 is 0. The van der Waals surface area contributed by atoms with E-state index in [1.165, 1.54) is 0 Å². The van der Waals surface area contributed by atoms with Gasteiger partial charge in [0, 0.05) is 16.9 Å². The van der Waals surface area contributed by atoms with Crippen LogP contribution in [0.25, 0.3) is 0 Å². The average Bonchev–Trinajstić information content (AvgIpc) is 2.68. The number of rotatable bonds is 4. The Balaban J connectivity index is 2.33. The first-order valence-electron chi connectivity index (χ1n) is 6.28. The minimum atomic E-state index is -0.937. The molecular weight excluding hydrogens is 244 g/mol. The van der Waals surface area contributed by atoms with Crippen LogP contribution in [0, 0.1) is 5.92 Å². The zero-order valence-electron chi connectivity index (χ0n) is 10.6. The molecule has 18 heavy (non-hydrogen) atoms. The number of benzene rings is 1. The Morgan fingerprint density at radius 1 is 1.50 bits per heavy atom. The number of hydrogen-bond donors (Lipinski definition) is 2. The number of aliphatic hydroxyl groups is 2. The monoisotopic (exact) mass is 264 g/mol. The SMILES string of the molecule is C=CC[C@@H](O)[C@@H]1[C@@H](C)SC[C@@]1(O)c1ccccc1. The van der Waals surface area contributed by atoms with E-state index in [1.54, 1.807) is 17.8 Å². The van der Waals surface area contributed by atoms with E-state index in [4.69, 9.17) is 0 Å². The van der Waals surface area contributed by atoms with Gasteiger partial charge in [-0.15, -0.1) is 6.58 Å². The van der Waals surface area contributed by atoms with Gasteiger partial charge in [-0.3, -0.25) is 0 Å². The van der Waals surface area contributed by atoms with Crippen LogP contribution >= 0.6 is 11.8 Å². The first-order chi connectivity index (χ1) is 8.59. The van der Waals surface area contributed by atoms with Gasteiger partial charge in [0.05, 0.1) is 6.10 Å². The molecule has 0 aromatic heterocycles. The predicted molar refractivity (Wildman–Crippen MR) is 76.6 cm³/mol. The van der Waals surface area contributed by atoms with Gasteiger partial charge in [-0.05, 0) is 12.0 Å². The number of thioether (sulfide) groups is 1. The molecule has 0 aliphatic carbocycles. The molecule has 1 aliphatic rings. The van der Waals surface area contributed by atoms with Crippen molar-refractivity contribution < 1.29 is 10.2 Å². The molecule has 1 aromatic carbocycles. The van der Waals surface area contributed by atoms with E-state index < -0.39 is 11.7 Å². The highest BCUT2D eigenvalue weighted by molar-refractivity contribution is 8.00. The standard InChI is InChI=1S/C15H20O2S/c1-3-7-13(16)14-11(2)18-10-15(14,17)12-8-5-4-6-9-12/h3-6,8-9,11,13-14,16-17H,1,7,10H2,2H3/t11-,13-,14+,15-/m1/s1. The molecule has 98 valence electrons. The minimum Gasteiger partial charge on any atom is -0.392 e. The van der Waals surface area contributed by atoms with Crippen molar-refractivity contribution in [2.24, 2.45) is 5.92 Å². The van der Waals surface area contributed by atoms with Crippen molar-refractivity contribution in [1.82, 2.24) is 0 Å². The summed E-state index contributed by atoms with van der Waals surface area (Å²) in [6.07, 6.45) is 1.69. The van der Waals surface area contributed by atoms with Gasteiger partial charge in [-0.25, -0.2) is 0 Å². The maximum absolute atomic E-state index is 11.0. The van der Waals surface area contributed by atoms with Crippen molar-refractivity contribution in [2.45, 2.75) is 30.3 Å². The van der Waals surface area contributed by atoms with Gasteiger partial charge in [0.1, 0.15) is 5.60 Å². The van der Waals surface area contributed by atoms with E-state index in [0.29, 0.717) is 12.2 Å². The third-order valence-corrected chi connectivity index (χ3v) is 5.15. The molecule has 1 saturated heterocycles. The lowest BCUT2D eigenvalue weighted by atomic mass is 9.77. The van der Waals surface area contributed by atoms with Crippen LogP contribution in [-0.4, -0.2) is 27.3 Å². The Labute approximate surface area is 113 Å². The molecule has 0 spiro atoms. The van der Waals surface area contributed by atoms with E-state index in [9.17, 15) is 10.2 Å². The van der Waals surface area contributed by atoms with Gasteiger partial charge >= 0.3 is 0 Å². The summed E-state index contributed by atoms with van der Waals surface area (Å²) >= 11 is 1.72. The molecule has 4 atom stereocenters. The third-order valence-electron chi connectivity index (χ3n) is 3.72. The second kappa shape index (κ2) is 5.47. The van der Waals surface area contributed by atoms with Crippen LogP contribution in [0.4, 0.5) is 0 Å². The largest absolute Gasteiger partial charge is 0.392 e. The second-order valence-corrected chi connectivity index (χ2v) is 6.29. The quantitative estimate of drug-likeness (QED) is 0.821. The lowest BCUT2D eigenvalue weighted by Gasteiger charge is -2.34. The van der Waals surface area contributed by atoms with Crippen molar-refractivity contribution in [3.63, 3.8) is 0 Å². The number of aliphatic hydroxyl groups excluding tert-OH is 1. The van der Waals surface area contributed by atoms with Crippen molar-refractivity contribution >= 4 is 11.8 Å². The predicted octanol–water partition coefficient (Wildman–Crippen LogP) is 2.56. The van der Waals surface area contributed by atoms with Crippen molar-refractivity contribution in [3.8, 4) is 0 Å². The molecule has 1 aromatic rings. The Morgan fingerprint density at radius 3 is 2.78 bits per heavy atom. The van der Waals surface area contributed by atoms with Crippen molar-refractivity contribution in [2.75, 3.05) is 5.75 Å². The molecule has 2 nitrogen and oxygen atoms in total. The summed E-state index contributed by atoms with van der Waals surface area (Å²) in [7, 11) is 0. The van der Waals surface area contributed by atoms with Gasteiger partial charge < -0.3 is 10.2 Å². The lowest BCUT2D eigenvalue weighted by molar-refractivity contribution is -0.0504. The van der Waals surface area contributed by atoms with Crippen LogP contribution in [0.3, 0.4) is 0 Å². The van der Waals surface area contributed by atoms with Gasteiger partial charge in [0.15, 0.2) is 0 Å². The Morgan fingerprint density at radius 2 is 2.17 bits per heavy atom. The maximum Gasteiger partial charge on any atom is 0.105 e. The van der Waals surface area contributed by atoms with Crippen LogP contribution in [0.1, 0.15) is 18.9 Å². The topological polar surface area (TPSA) is 40.5 Å². The molecule has 3 heteroatoms. The van der Waals surface area contributed by atoms with Gasteiger partial charge in [0.25, 0.3) is 0 Å². The van der Waals surface area contributed by atoms with Crippen LogP contribution in [0.15, 0.2) is 43.0 Å². The fourth-order valence-corrected chi connectivity index (χ4v) is 4.29. The molecule has 0 radical (unpaired) electrons. The molecule has 0 amide bonds. The van der Waals surface area contributed by atoms with Crippen LogP contribution in [-0.2, 0) is 5.60 Å². The summed E-state index contributed by atoms with van der Waals surface area (Å²) in [6.45, 7) is 5.74. The van der Waals surface area contributed by atoms with Crippen molar-refractivity contribution in [1.29, 1.82) is 0 Å². The highest BCUT2D eigenvalue weighted by atomic mass is 32.2. The first-order valence-corrected chi connectivity index (χ1v) is 7.33. The Kier molecular flexibility index (Phi) is 4.15. The number of hydrogen-bond acceptors (Lipinski definition) is 3. The molecule has 0 saturated carbocycles. The summed E-state index contributed by atoms with van der Waals surface area (Å²) in [6, 6.07) is 9.67. The summed E-state index contributed by atoms with van der Waals surface area (Å²) in [5.74, 6) is 0.486. The van der Waals surface area contributed by atoms with Gasteiger partial charge in [-0.1, -0.05) is 43.3 Å². The molecule has 0 bridgehead atoms. The molecule has 1 fully saturated rings.